The lowest BCUT2D eigenvalue weighted by molar-refractivity contribution is -0.142. The molecule has 47 heavy (non-hydrogen) atoms. The molecule has 1 aliphatic rings. The van der Waals surface area contributed by atoms with E-state index in [-0.39, 0.29) is 30.9 Å². The first kappa shape index (κ1) is 37.3. The first-order valence-corrected chi connectivity index (χ1v) is 16.0. The van der Waals surface area contributed by atoms with Crippen LogP contribution in [0.3, 0.4) is 0 Å². The molecular formula is C35H49FN4O7. The Bertz CT molecular complexity index is 1340. The Morgan fingerprint density at radius 3 is 2.28 bits per heavy atom. The van der Waals surface area contributed by atoms with E-state index in [1.165, 1.54) is 31.2 Å². The topological polar surface area (TPSA) is 118 Å². The summed E-state index contributed by atoms with van der Waals surface area (Å²) in [5, 5.41) is 2.79. The van der Waals surface area contributed by atoms with Gasteiger partial charge in [0.25, 0.3) is 0 Å². The highest BCUT2D eigenvalue weighted by molar-refractivity contribution is 5.91. The Balaban J connectivity index is 1.74. The third kappa shape index (κ3) is 11.2. The fraction of sp³-hybridized carbons (Fsp3) is 0.543. The van der Waals surface area contributed by atoms with Crippen LogP contribution in [0, 0.1) is 5.82 Å². The number of benzene rings is 2. The number of nitrogens with one attached hydrogen (secondary N) is 1. The van der Waals surface area contributed by atoms with Gasteiger partial charge in [-0.05, 0) is 77.1 Å². The van der Waals surface area contributed by atoms with Crippen LogP contribution in [0.25, 0.3) is 0 Å². The predicted molar refractivity (Wildman–Crippen MR) is 175 cm³/mol. The molecular weight excluding hydrogens is 607 g/mol. The molecule has 0 radical (unpaired) electrons. The van der Waals surface area contributed by atoms with Crippen molar-refractivity contribution in [3.63, 3.8) is 0 Å². The van der Waals surface area contributed by atoms with Crippen molar-refractivity contribution in [2.75, 3.05) is 33.8 Å². The molecule has 2 aromatic rings. The van der Waals surface area contributed by atoms with Gasteiger partial charge in [-0.3, -0.25) is 14.5 Å². The summed E-state index contributed by atoms with van der Waals surface area (Å²) in [4.78, 5) is 57.7. The second kappa shape index (κ2) is 17.1. The van der Waals surface area contributed by atoms with Gasteiger partial charge < -0.3 is 29.3 Å². The predicted octanol–water partition coefficient (Wildman–Crippen LogP) is 4.77. The van der Waals surface area contributed by atoms with Crippen molar-refractivity contribution < 1.29 is 37.8 Å². The van der Waals surface area contributed by atoms with Gasteiger partial charge in [0.05, 0.1) is 6.10 Å². The van der Waals surface area contributed by atoms with Gasteiger partial charge in [0.2, 0.25) is 11.8 Å². The fourth-order valence-electron chi connectivity index (χ4n) is 5.19. The summed E-state index contributed by atoms with van der Waals surface area (Å²) < 4.78 is 30.0. The van der Waals surface area contributed by atoms with Crippen molar-refractivity contribution in [1.29, 1.82) is 0 Å². The number of amides is 4. The molecule has 4 amide bonds. The normalized spacial score (nSPS) is 16.5. The first-order valence-electron chi connectivity index (χ1n) is 16.0. The molecule has 12 heteroatoms. The van der Waals surface area contributed by atoms with Gasteiger partial charge in [-0.2, -0.15) is 0 Å². The monoisotopic (exact) mass is 656 g/mol. The van der Waals surface area contributed by atoms with Crippen molar-refractivity contribution in [3.05, 3.63) is 71.5 Å². The molecule has 0 spiro atoms. The quantitative estimate of drug-likeness (QED) is 0.330. The van der Waals surface area contributed by atoms with Gasteiger partial charge in [0, 0.05) is 39.8 Å². The second-order valence-electron chi connectivity index (χ2n) is 12.9. The summed E-state index contributed by atoms with van der Waals surface area (Å²) in [5.74, 6) is -1.23. The van der Waals surface area contributed by atoms with E-state index in [1.807, 2.05) is 30.3 Å². The van der Waals surface area contributed by atoms with Gasteiger partial charge in [-0.1, -0.05) is 42.5 Å². The summed E-state index contributed by atoms with van der Waals surface area (Å²) in [6, 6.07) is 13.1. The van der Waals surface area contributed by atoms with E-state index in [9.17, 15) is 23.6 Å². The van der Waals surface area contributed by atoms with Crippen LogP contribution in [0.2, 0.25) is 0 Å². The summed E-state index contributed by atoms with van der Waals surface area (Å²) in [6.07, 6.45) is -0.0565. The molecule has 1 heterocycles. The van der Waals surface area contributed by atoms with Crippen LogP contribution in [-0.2, 0) is 36.8 Å². The second-order valence-corrected chi connectivity index (χ2v) is 12.9. The van der Waals surface area contributed by atoms with Crippen LogP contribution in [0.1, 0.15) is 58.6 Å². The average molecular weight is 657 g/mol. The van der Waals surface area contributed by atoms with Crippen LogP contribution in [0.4, 0.5) is 14.0 Å². The van der Waals surface area contributed by atoms with E-state index in [0.29, 0.717) is 32.4 Å². The molecule has 1 N–H and O–H groups in total. The highest BCUT2D eigenvalue weighted by Gasteiger charge is 2.39. The molecule has 0 unspecified atom stereocenters. The Morgan fingerprint density at radius 2 is 1.66 bits per heavy atom. The highest BCUT2D eigenvalue weighted by atomic mass is 19.1. The standard InChI is InChI=1S/C35H49FN4O7/c1-24(38(6)33(43)47-35(3,4)5)31(41)37-30(25(2)45-7)32(42)40-20-11-14-29(40)22-39(21-19-26-15-17-28(36)18-16-26)34(44)46-23-27-12-9-8-10-13-27/h8-10,12-13,15-18,24-25,29-30H,11,14,19-23H2,1-7H3,(H,37,41)/t24-,25+,29-,30-/m0/s1. The van der Waals surface area contributed by atoms with Gasteiger partial charge >= 0.3 is 12.2 Å². The zero-order valence-corrected chi connectivity index (χ0v) is 28.5. The molecule has 1 saturated heterocycles. The van der Waals surface area contributed by atoms with Gasteiger partial charge in [-0.25, -0.2) is 14.0 Å². The van der Waals surface area contributed by atoms with Gasteiger partial charge in [-0.15, -0.1) is 0 Å². The Kier molecular flexibility index (Phi) is 13.6. The maximum absolute atomic E-state index is 14.0. The molecule has 11 nitrogen and oxygen atoms in total. The van der Waals surface area contributed by atoms with Crippen molar-refractivity contribution in [3.8, 4) is 0 Å². The minimum atomic E-state index is -1.04. The largest absolute Gasteiger partial charge is 0.445 e. The lowest BCUT2D eigenvalue weighted by atomic mass is 10.1. The van der Waals surface area contributed by atoms with Crippen LogP contribution >= 0.6 is 0 Å². The number of halogens is 1. The summed E-state index contributed by atoms with van der Waals surface area (Å²) >= 11 is 0. The molecule has 3 rings (SSSR count). The summed E-state index contributed by atoms with van der Waals surface area (Å²) in [5.41, 5.74) is 0.959. The fourth-order valence-corrected chi connectivity index (χ4v) is 5.19. The molecule has 0 aliphatic carbocycles. The summed E-state index contributed by atoms with van der Waals surface area (Å²) in [7, 11) is 2.91. The van der Waals surface area contributed by atoms with E-state index in [0.717, 1.165) is 11.1 Å². The van der Waals surface area contributed by atoms with Crippen molar-refractivity contribution in [2.24, 2.45) is 0 Å². The van der Waals surface area contributed by atoms with Crippen LogP contribution in [0.15, 0.2) is 54.6 Å². The number of methoxy groups -OCH3 is 1. The van der Waals surface area contributed by atoms with Crippen LogP contribution in [0.5, 0.6) is 0 Å². The molecule has 0 bridgehead atoms. The van der Waals surface area contributed by atoms with Crippen molar-refractivity contribution in [1.82, 2.24) is 20.0 Å². The number of carbonyl (C=O) groups excluding carboxylic acids is 4. The molecule has 1 fully saturated rings. The molecule has 0 aromatic heterocycles. The zero-order chi connectivity index (χ0) is 34.7. The minimum Gasteiger partial charge on any atom is -0.445 e. The lowest BCUT2D eigenvalue weighted by Gasteiger charge is -2.35. The number of carbonyl (C=O) groups is 4. The maximum atomic E-state index is 14.0. The van der Waals surface area contributed by atoms with Gasteiger partial charge in [0.1, 0.15) is 30.1 Å². The van der Waals surface area contributed by atoms with Crippen LogP contribution < -0.4 is 5.32 Å². The van der Waals surface area contributed by atoms with E-state index >= 15 is 0 Å². The van der Waals surface area contributed by atoms with E-state index in [2.05, 4.69) is 5.32 Å². The number of hydrogen-bond acceptors (Lipinski definition) is 7. The number of ether oxygens (including phenoxy) is 3. The molecule has 0 saturated carbocycles. The average Bonchev–Trinajstić information content (AvgIpc) is 3.51. The molecule has 1 aliphatic heterocycles. The Hall–Kier alpha value is -4.19. The first-order chi connectivity index (χ1) is 22.2. The SMILES string of the molecule is CO[C@H](C)[C@H](NC(=O)[C@H](C)N(C)C(=O)OC(C)(C)C)C(=O)N1CCC[C@H]1CN(CCc1ccc(F)cc1)C(=O)OCc1ccccc1. The van der Waals surface area contributed by atoms with E-state index in [4.69, 9.17) is 14.2 Å². The number of hydrogen-bond donors (Lipinski definition) is 1. The molecule has 4 atom stereocenters. The molecule has 258 valence electrons. The smallest absolute Gasteiger partial charge is 0.410 e. The van der Waals surface area contributed by atoms with Gasteiger partial charge in [0.15, 0.2) is 0 Å². The van der Waals surface area contributed by atoms with Crippen LogP contribution in [-0.4, -0.2) is 102 Å². The zero-order valence-electron chi connectivity index (χ0n) is 28.5. The third-order valence-corrected chi connectivity index (χ3v) is 8.19. The Labute approximate surface area is 277 Å². The van der Waals surface area contributed by atoms with E-state index < -0.39 is 41.9 Å². The lowest BCUT2D eigenvalue weighted by Crippen LogP contribution is -2.59. The van der Waals surface area contributed by atoms with E-state index in [1.54, 1.807) is 56.6 Å². The number of rotatable bonds is 13. The summed E-state index contributed by atoms with van der Waals surface area (Å²) in [6.45, 7) is 9.47. The third-order valence-electron chi connectivity index (χ3n) is 8.19. The maximum Gasteiger partial charge on any atom is 0.410 e. The Morgan fingerprint density at radius 1 is 1.00 bits per heavy atom. The van der Waals surface area contributed by atoms with Crippen molar-refractivity contribution in [2.45, 2.75) is 90.3 Å². The molecule has 2 aromatic carbocycles. The number of nitrogens with zero attached hydrogens (tertiary/aromatic N) is 3. The minimum absolute atomic E-state index is 0.0927. The number of likely N-dealkylation sites (tertiary alicyclic amines) is 1. The highest BCUT2D eigenvalue weighted by Crippen LogP contribution is 2.22. The van der Waals surface area contributed by atoms with Crippen molar-refractivity contribution >= 4 is 24.0 Å². The number of likely N-dealkylation sites (N-methyl/N-ethyl adjacent to an activating group) is 1.